The quantitative estimate of drug-likeness (QED) is 0.705. The molecular formula is C9H17NO3. The minimum absolute atomic E-state index is 0.00815. The van der Waals surface area contributed by atoms with Crippen molar-refractivity contribution in [1.29, 1.82) is 0 Å². The molecule has 0 aliphatic heterocycles. The van der Waals surface area contributed by atoms with E-state index >= 15 is 0 Å². The Bertz CT molecular complexity index is 170. The molecule has 1 rings (SSSR count). The Kier molecular flexibility index (Phi) is 4.02. The van der Waals surface area contributed by atoms with Crippen molar-refractivity contribution in [2.75, 3.05) is 6.61 Å². The first-order valence-corrected chi connectivity index (χ1v) is 4.85. The van der Waals surface area contributed by atoms with Crippen LogP contribution in [-0.4, -0.2) is 30.0 Å². The van der Waals surface area contributed by atoms with Gasteiger partial charge in [-0.05, 0) is 19.8 Å². The smallest absolute Gasteiger partial charge is 0.404 e. The summed E-state index contributed by atoms with van der Waals surface area (Å²) in [5.41, 5.74) is 0. The van der Waals surface area contributed by atoms with E-state index in [4.69, 9.17) is 9.84 Å². The molecule has 0 bridgehead atoms. The van der Waals surface area contributed by atoms with Crippen LogP contribution in [-0.2, 0) is 4.74 Å². The first-order valence-electron chi connectivity index (χ1n) is 4.85. The van der Waals surface area contributed by atoms with Crippen LogP contribution < -0.4 is 5.32 Å². The second-order valence-corrected chi connectivity index (χ2v) is 3.33. The zero-order chi connectivity index (χ0) is 9.68. The monoisotopic (exact) mass is 187 g/mol. The van der Waals surface area contributed by atoms with Gasteiger partial charge in [-0.15, -0.1) is 0 Å². The lowest BCUT2D eigenvalue weighted by atomic mass is 9.92. The van der Waals surface area contributed by atoms with Gasteiger partial charge in [0.05, 0.1) is 12.1 Å². The van der Waals surface area contributed by atoms with Crippen molar-refractivity contribution in [3.63, 3.8) is 0 Å². The summed E-state index contributed by atoms with van der Waals surface area (Å²) in [5.74, 6) is 0. The lowest BCUT2D eigenvalue weighted by molar-refractivity contribution is 0.0132. The van der Waals surface area contributed by atoms with Crippen LogP contribution in [0.4, 0.5) is 4.79 Å². The number of carboxylic acid groups (broad SMARTS) is 1. The van der Waals surface area contributed by atoms with Crippen LogP contribution in [0.2, 0.25) is 0 Å². The molecular weight excluding hydrogens is 170 g/mol. The standard InChI is InChI=1S/C9H17NO3/c1-2-13-8-6-4-3-5-7(8)10-9(11)12/h7-8,10H,2-6H2,1H3,(H,11,12)/t7-,8+/m0/s1. The average molecular weight is 187 g/mol. The largest absolute Gasteiger partial charge is 0.465 e. The molecule has 2 N–H and O–H groups in total. The van der Waals surface area contributed by atoms with Gasteiger partial charge in [-0.1, -0.05) is 12.8 Å². The fourth-order valence-corrected chi connectivity index (χ4v) is 1.83. The lowest BCUT2D eigenvalue weighted by Gasteiger charge is -2.30. The number of carbonyl (C=O) groups is 1. The van der Waals surface area contributed by atoms with E-state index in [1.54, 1.807) is 0 Å². The molecule has 76 valence electrons. The summed E-state index contributed by atoms with van der Waals surface area (Å²) in [5, 5.41) is 11.1. The Balaban J connectivity index is 2.41. The number of hydrogen-bond donors (Lipinski definition) is 2. The summed E-state index contributed by atoms with van der Waals surface area (Å²) >= 11 is 0. The van der Waals surface area contributed by atoms with E-state index < -0.39 is 6.09 Å². The van der Waals surface area contributed by atoms with Crippen LogP contribution in [0.25, 0.3) is 0 Å². The van der Waals surface area contributed by atoms with Gasteiger partial charge in [-0.2, -0.15) is 0 Å². The van der Waals surface area contributed by atoms with Gasteiger partial charge in [0, 0.05) is 6.61 Å². The van der Waals surface area contributed by atoms with Crippen LogP contribution in [0, 0.1) is 0 Å². The average Bonchev–Trinajstić information content (AvgIpc) is 2.08. The van der Waals surface area contributed by atoms with E-state index in [1.807, 2.05) is 6.92 Å². The highest BCUT2D eigenvalue weighted by Gasteiger charge is 2.26. The van der Waals surface area contributed by atoms with E-state index in [2.05, 4.69) is 5.32 Å². The maximum absolute atomic E-state index is 10.5. The Labute approximate surface area is 78.3 Å². The second-order valence-electron chi connectivity index (χ2n) is 3.33. The molecule has 4 heteroatoms. The van der Waals surface area contributed by atoms with Crippen molar-refractivity contribution in [3.05, 3.63) is 0 Å². The molecule has 0 aromatic heterocycles. The van der Waals surface area contributed by atoms with Gasteiger partial charge in [0.1, 0.15) is 0 Å². The number of ether oxygens (including phenoxy) is 1. The van der Waals surface area contributed by atoms with Gasteiger partial charge in [-0.3, -0.25) is 0 Å². The van der Waals surface area contributed by atoms with E-state index in [9.17, 15) is 4.79 Å². The van der Waals surface area contributed by atoms with Gasteiger partial charge in [0.15, 0.2) is 0 Å². The summed E-state index contributed by atoms with van der Waals surface area (Å²) in [6.45, 7) is 2.59. The Morgan fingerprint density at radius 2 is 2.23 bits per heavy atom. The first-order chi connectivity index (χ1) is 6.24. The Morgan fingerprint density at radius 3 is 2.85 bits per heavy atom. The predicted octanol–water partition coefficient (Wildman–Crippen LogP) is 1.60. The summed E-state index contributed by atoms with van der Waals surface area (Å²) in [4.78, 5) is 10.5. The molecule has 1 aliphatic rings. The maximum atomic E-state index is 10.5. The topological polar surface area (TPSA) is 58.6 Å². The molecule has 1 amide bonds. The van der Waals surface area contributed by atoms with Crippen molar-refractivity contribution < 1.29 is 14.6 Å². The van der Waals surface area contributed by atoms with Crippen molar-refractivity contribution in [3.8, 4) is 0 Å². The fourth-order valence-electron chi connectivity index (χ4n) is 1.83. The maximum Gasteiger partial charge on any atom is 0.404 e. The highest BCUT2D eigenvalue weighted by Crippen LogP contribution is 2.21. The van der Waals surface area contributed by atoms with Gasteiger partial charge >= 0.3 is 6.09 Å². The predicted molar refractivity (Wildman–Crippen MR) is 48.8 cm³/mol. The van der Waals surface area contributed by atoms with Crippen LogP contribution in [0.1, 0.15) is 32.6 Å². The van der Waals surface area contributed by atoms with E-state index in [1.165, 1.54) is 0 Å². The zero-order valence-corrected chi connectivity index (χ0v) is 7.95. The third-order valence-corrected chi connectivity index (χ3v) is 2.39. The van der Waals surface area contributed by atoms with Crippen LogP contribution in [0.5, 0.6) is 0 Å². The molecule has 4 nitrogen and oxygen atoms in total. The molecule has 0 saturated heterocycles. The highest BCUT2D eigenvalue weighted by molar-refractivity contribution is 5.64. The SMILES string of the molecule is CCO[C@@H]1CCCC[C@@H]1NC(=O)O. The third-order valence-electron chi connectivity index (χ3n) is 2.39. The number of rotatable bonds is 3. The molecule has 1 saturated carbocycles. The summed E-state index contributed by atoms with van der Waals surface area (Å²) in [7, 11) is 0. The van der Waals surface area contributed by atoms with Crippen molar-refractivity contribution in [1.82, 2.24) is 5.32 Å². The normalized spacial score (nSPS) is 28.4. The van der Waals surface area contributed by atoms with Crippen LogP contribution >= 0.6 is 0 Å². The summed E-state index contributed by atoms with van der Waals surface area (Å²) < 4.78 is 5.47. The zero-order valence-electron chi connectivity index (χ0n) is 7.95. The molecule has 2 atom stereocenters. The van der Waals surface area contributed by atoms with Gasteiger partial charge < -0.3 is 15.2 Å². The Hall–Kier alpha value is -0.770. The highest BCUT2D eigenvalue weighted by atomic mass is 16.5. The van der Waals surface area contributed by atoms with E-state index in [0.717, 1.165) is 25.7 Å². The molecule has 1 fully saturated rings. The summed E-state index contributed by atoms with van der Waals surface area (Å²) in [6.07, 6.45) is 3.23. The first kappa shape index (κ1) is 10.3. The van der Waals surface area contributed by atoms with E-state index in [0.29, 0.717) is 6.61 Å². The van der Waals surface area contributed by atoms with Crippen molar-refractivity contribution >= 4 is 6.09 Å². The molecule has 13 heavy (non-hydrogen) atoms. The fraction of sp³-hybridized carbons (Fsp3) is 0.889. The number of nitrogens with one attached hydrogen (secondary N) is 1. The molecule has 0 aromatic rings. The second kappa shape index (κ2) is 5.07. The van der Waals surface area contributed by atoms with Crippen molar-refractivity contribution in [2.24, 2.45) is 0 Å². The number of amides is 1. The molecule has 0 heterocycles. The minimum atomic E-state index is -0.948. The van der Waals surface area contributed by atoms with Crippen LogP contribution in [0.3, 0.4) is 0 Å². The minimum Gasteiger partial charge on any atom is -0.465 e. The van der Waals surface area contributed by atoms with E-state index in [-0.39, 0.29) is 12.1 Å². The van der Waals surface area contributed by atoms with Crippen molar-refractivity contribution in [2.45, 2.75) is 44.8 Å². The summed E-state index contributed by atoms with van der Waals surface area (Å²) in [6, 6.07) is -0.00815. The van der Waals surface area contributed by atoms with Crippen LogP contribution in [0.15, 0.2) is 0 Å². The lowest BCUT2D eigenvalue weighted by Crippen LogP contribution is -2.45. The molecule has 0 radical (unpaired) electrons. The number of hydrogen-bond acceptors (Lipinski definition) is 2. The van der Waals surface area contributed by atoms with Gasteiger partial charge in [0.25, 0.3) is 0 Å². The molecule has 0 spiro atoms. The molecule has 0 unspecified atom stereocenters. The van der Waals surface area contributed by atoms with Gasteiger partial charge in [-0.25, -0.2) is 4.79 Å². The molecule has 0 aromatic carbocycles. The van der Waals surface area contributed by atoms with Gasteiger partial charge in [0.2, 0.25) is 0 Å². The third kappa shape index (κ3) is 3.22. The molecule has 1 aliphatic carbocycles. The Morgan fingerprint density at radius 1 is 1.54 bits per heavy atom.